The molecule has 0 bridgehead atoms. The minimum absolute atomic E-state index is 0.814. The van der Waals surface area contributed by atoms with Gasteiger partial charge in [0.2, 0.25) is 0 Å². The molecule has 1 heterocycles. The minimum Gasteiger partial charge on any atom is -0.493 e. The third kappa shape index (κ3) is 2.49. The number of hydrogen-bond donors (Lipinski definition) is 0. The second-order valence-corrected chi connectivity index (χ2v) is 5.27. The first-order valence-corrected chi connectivity index (χ1v) is 6.80. The van der Waals surface area contributed by atoms with Gasteiger partial charge in [-0.15, -0.1) is 0 Å². The van der Waals surface area contributed by atoms with Crippen molar-refractivity contribution in [2.45, 2.75) is 6.42 Å². The Balaban J connectivity index is 1.84. The molecule has 0 amide bonds. The van der Waals surface area contributed by atoms with Crippen molar-refractivity contribution >= 4 is 28.1 Å². The van der Waals surface area contributed by atoms with Crippen molar-refractivity contribution in [1.82, 2.24) is 0 Å². The van der Waals surface area contributed by atoms with Gasteiger partial charge in [-0.3, -0.25) is 0 Å². The van der Waals surface area contributed by atoms with Gasteiger partial charge in [0.1, 0.15) is 5.75 Å². The van der Waals surface area contributed by atoms with Crippen LogP contribution >= 0.6 is 15.9 Å². The number of ether oxygens (including phenoxy) is 1. The van der Waals surface area contributed by atoms with Crippen LogP contribution in [-0.4, -0.2) is 6.61 Å². The first kappa shape index (κ1) is 11.5. The summed E-state index contributed by atoms with van der Waals surface area (Å²) in [7, 11) is 0. The Labute approximate surface area is 115 Å². The van der Waals surface area contributed by atoms with Crippen molar-refractivity contribution in [3.63, 3.8) is 0 Å². The van der Waals surface area contributed by atoms with E-state index in [-0.39, 0.29) is 0 Å². The Morgan fingerprint density at radius 2 is 1.83 bits per heavy atom. The smallest absolute Gasteiger partial charge is 0.122 e. The van der Waals surface area contributed by atoms with Crippen LogP contribution in [-0.2, 0) is 6.42 Å². The fraction of sp³-hybridized carbons (Fsp3) is 0.125. The average Bonchev–Trinajstić information content (AvgIpc) is 2.84. The predicted octanol–water partition coefficient (Wildman–Crippen LogP) is 4.55. The molecule has 2 aromatic carbocycles. The first-order chi connectivity index (χ1) is 8.81. The fourth-order valence-electron chi connectivity index (χ4n) is 2.11. The molecule has 0 aliphatic carbocycles. The van der Waals surface area contributed by atoms with Gasteiger partial charge in [-0.25, -0.2) is 0 Å². The van der Waals surface area contributed by atoms with Gasteiger partial charge in [0.05, 0.1) is 6.61 Å². The van der Waals surface area contributed by atoms with Crippen LogP contribution in [0.25, 0.3) is 12.2 Å². The number of halogens is 1. The van der Waals surface area contributed by atoms with Crippen LogP contribution in [0.1, 0.15) is 16.7 Å². The summed E-state index contributed by atoms with van der Waals surface area (Å²) in [5.41, 5.74) is 3.73. The van der Waals surface area contributed by atoms with Crippen molar-refractivity contribution in [2.24, 2.45) is 0 Å². The zero-order valence-electron chi connectivity index (χ0n) is 9.90. The molecule has 90 valence electrons. The number of fused-ring (bicyclic) bond motifs is 1. The van der Waals surface area contributed by atoms with Gasteiger partial charge < -0.3 is 4.74 Å². The Bertz CT molecular complexity index is 602. The third-order valence-corrected chi connectivity index (χ3v) is 3.52. The van der Waals surface area contributed by atoms with Crippen LogP contribution in [0.5, 0.6) is 5.75 Å². The van der Waals surface area contributed by atoms with Crippen LogP contribution in [0, 0.1) is 0 Å². The maximum Gasteiger partial charge on any atom is 0.122 e. The van der Waals surface area contributed by atoms with Crippen molar-refractivity contribution in [2.75, 3.05) is 6.61 Å². The quantitative estimate of drug-likeness (QED) is 0.739. The molecule has 0 fully saturated rings. The Morgan fingerprint density at radius 1 is 1.00 bits per heavy atom. The van der Waals surface area contributed by atoms with E-state index in [0.717, 1.165) is 23.2 Å². The third-order valence-electron chi connectivity index (χ3n) is 3.03. The van der Waals surface area contributed by atoms with E-state index in [1.54, 1.807) is 0 Å². The van der Waals surface area contributed by atoms with Gasteiger partial charge in [-0.05, 0) is 41.0 Å². The lowest BCUT2D eigenvalue weighted by Gasteiger charge is -2.00. The summed E-state index contributed by atoms with van der Waals surface area (Å²) in [5.74, 6) is 1.04. The maximum atomic E-state index is 5.50. The standard InChI is InChI=1S/C16H13BrO/c17-15-3-1-2-12(11-15)4-5-13-6-7-16-14(10-13)8-9-18-16/h1-7,10-11H,8-9H2. The normalized spacial score (nSPS) is 13.6. The van der Waals surface area contributed by atoms with Crippen LogP contribution < -0.4 is 4.74 Å². The summed E-state index contributed by atoms with van der Waals surface area (Å²) in [6, 6.07) is 14.6. The molecule has 3 rings (SSSR count). The zero-order chi connectivity index (χ0) is 12.4. The van der Waals surface area contributed by atoms with Gasteiger partial charge in [-0.2, -0.15) is 0 Å². The molecule has 0 spiro atoms. The molecule has 0 N–H and O–H groups in total. The number of rotatable bonds is 2. The highest BCUT2D eigenvalue weighted by Crippen LogP contribution is 2.26. The summed E-state index contributed by atoms with van der Waals surface area (Å²) in [4.78, 5) is 0. The van der Waals surface area contributed by atoms with Crippen molar-refractivity contribution in [3.8, 4) is 5.75 Å². The molecule has 2 aromatic rings. The lowest BCUT2D eigenvalue weighted by Crippen LogP contribution is -1.85. The molecule has 0 radical (unpaired) electrons. The van der Waals surface area contributed by atoms with Crippen molar-refractivity contribution in [1.29, 1.82) is 0 Å². The van der Waals surface area contributed by atoms with Gasteiger partial charge in [-0.1, -0.05) is 46.3 Å². The molecule has 18 heavy (non-hydrogen) atoms. The van der Waals surface area contributed by atoms with Gasteiger partial charge in [0.15, 0.2) is 0 Å². The van der Waals surface area contributed by atoms with Gasteiger partial charge in [0.25, 0.3) is 0 Å². The lowest BCUT2D eigenvalue weighted by atomic mass is 10.1. The molecular formula is C16H13BrO. The number of benzene rings is 2. The SMILES string of the molecule is Brc1cccc(C=Cc2ccc3c(c2)CCO3)c1. The van der Waals surface area contributed by atoms with Crippen LogP contribution in [0.2, 0.25) is 0 Å². The molecule has 1 aliphatic rings. The Kier molecular flexibility index (Phi) is 3.20. The topological polar surface area (TPSA) is 9.23 Å². The summed E-state index contributed by atoms with van der Waals surface area (Å²) in [6.07, 6.45) is 5.29. The fourth-order valence-corrected chi connectivity index (χ4v) is 2.53. The largest absolute Gasteiger partial charge is 0.493 e. The highest BCUT2D eigenvalue weighted by Gasteiger charge is 2.10. The van der Waals surface area contributed by atoms with Crippen LogP contribution in [0.3, 0.4) is 0 Å². The van der Waals surface area contributed by atoms with E-state index in [4.69, 9.17) is 4.74 Å². The molecule has 2 heteroatoms. The highest BCUT2D eigenvalue weighted by molar-refractivity contribution is 9.10. The van der Waals surface area contributed by atoms with Crippen molar-refractivity contribution in [3.05, 3.63) is 63.6 Å². The summed E-state index contributed by atoms with van der Waals surface area (Å²) in [6.45, 7) is 0.814. The lowest BCUT2D eigenvalue weighted by molar-refractivity contribution is 0.357. The van der Waals surface area contributed by atoms with E-state index < -0.39 is 0 Å². The monoisotopic (exact) mass is 300 g/mol. The van der Waals surface area contributed by atoms with Crippen LogP contribution in [0.4, 0.5) is 0 Å². The van der Waals surface area contributed by atoms with E-state index in [1.807, 2.05) is 12.1 Å². The zero-order valence-corrected chi connectivity index (χ0v) is 11.5. The maximum absolute atomic E-state index is 5.50. The van der Waals surface area contributed by atoms with E-state index >= 15 is 0 Å². The Morgan fingerprint density at radius 3 is 2.67 bits per heavy atom. The molecule has 0 saturated heterocycles. The van der Waals surface area contributed by atoms with E-state index in [1.165, 1.54) is 16.7 Å². The molecule has 0 unspecified atom stereocenters. The van der Waals surface area contributed by atoms with E-state index in [2.05, 4.69) is 58.4 Å². The molecule has 1 nitrogen and oxygen atoms in total. The molecule has 0 atom stereocenters. The predicted molar refractivity (Wildman–Crippen MR) is 78.7 cm³/mol. The molecule has 1 aliphatic heterocycles. The van der Waals surface area contributed by atoms with Gasteiger partial charge >= 0.3 is 0 Å². The molecule has 0 saturated carbocycles. The molecule has 0 aromatic heterocycles. The van der Waals surface area contributed by atoms with Crippen molar-refractivity contribution < 1.29 is 4.74 Å². The summed E-state index contributed by atoms with van der Waals surface area (Å²) in [5, 5.41) is 0. The summed E-state index contributed by atoms with van der Waals surface area (Å²) >= 11 is 3.48. The second kappa shape index (κ2) is 4.99. The Hall–Kier alpha value is -1.54. The highest BCUT2D eigenvalue weighted by atomic mass is 79.9. The molecular weight excluding hydrogens is 288 g/mol. The van der Waals surface area contributed by atoms with E-state index in [0.29, 0.717) is 0 Å². The second-order valence-electron chi connectivity index (χ2n) is 4.35. The first-order valence-electron chi connectivity index (χ1n) is 6.01. The minimum atomic E-state index is 0.814. The van der Waals surface area contributed by atoms with E-state index in [9.17, 15) is 0 Å². The van der Waals surface area contributed by atoms with Crippen LogP contribution in [0.15, 0.2) is 46.9 Å². The number of hydrogen-bond acceptors (Lipinski definition) is 1. The average molecular weight is 301 g/mol. The van der Waals surface area contributed by atoms with Gasteiger partial charge in [0, 0.05) is 10.9 Å². The summed E-state index contributed by atoms with van der Waals surface area (Å²) < 4.78 is 6.61.